The fourth-order valence-electron chi connectivity index (χ4n) is 2.01. The summed E-state index contributed by atoms with van der Waals surface area (Å²) in [5.74, 6) is 0.753. The Bertz CT molecular complexity index is 283. The quantitative estimate of drug-likeness (QED) is 0.757. The average Bonchev–Trinajstić information content (AvgIpc) is 2.69. The molecular weight excluding hydrogens is 178 g/mol. The molecule has 1 saturated carbocycles. The number of aliphatic hydroxyl groups is 1. The van der Waals surface area contributed by atoms with Crippen LogP contribution in [0.15, 0.2) is 18.3 Å². The molecule has 1 fully saturated rings. The summed E-state index contributed by atoms with van der Waals surface area (Å²) >= 11 is 0. The Labute approximate surface area is 83.4 Å². The summed E-state index contributed by atoms with van der Waals surface area (Å²) in [6.45, 7) is 0.170. The second-order valence-electron chi connectivity index (χ2n) is 3.88. The van der Waals surface area contributed by atoms with Gasteiger partial charge in [0.05, 0.1) is 12.1 Å². The molecule has 1 aliphatic rings. The van der Waals surface area contributed by atoms with E-state index in [1.54, 1.807) is 6.20 Å². The maximum atomic E-state index is 9.37. The van der Waals surface area contributed by atoms with Gasteiger partial charge in [0, 0.05) is 6.20 Å². The molecule has 1 aromatic rings. The summed E-state index contributed by atoms with van der Waals surface area (Å²) in [4.78, 5) is 0. The summed E-state index contributed by atoms with van der Waals surface area (Å²) in [5.41, 5.74) is -0.157. The van der Waals surface area contributed by atoms with Gasteiger partial charge in [0.25, 0.3) is 0 Å². The first-order valence-corrected chi connectivity index (χ1v) is 5.01. The Morgan fingerprint density at radius 3 is 2.79 bits per heavy atom. The molecule has 14 heavy (non-hydrogen) atoms. The minimum absolute atomic E-state index is 0.157. The van der Waals surface area contributed by atoms with E-state index in [4.69, 9.17) is 0 Å². The Morgan fingerprint density at radius 1 is 1.43 bits per heavy atom. The highest BCUT2D eigenvalue weighted by Gasteiger charge is 2.33. The van der Waals surface area contributed by atoms with E-state index in [0.29, 0.717) is 0 Å². The number of rotatable bonds is 3. The van der Waals surface area contributed by atoms with Gasteiger partial charge in [-0.2, -0.15) is 5.10 Å². The number of anilines is 1. The van der Waals surface area contributed by atoms with Crippen molar-refractivity contribution in [2.45, 2.75) is 31.2 Å². The van der Waals surface area contributed by atoms with Gasteiger partial charge in [-0.25, -0.2) is 0 Å². The molecule has 0 saturated heterocycles. The SMILES string of the molecule is OCC1(Nc2cccnn2)CCCC1. The van der Waals surface area contributed by atoms with Crippen molar-refractivity contribution in [1.82, 2.24) is 10.2 Å². The molecule has 1 heterocycles. The van der Waals surface area contributed by atoms with Crippen molar-refractivity contribution in [2.75, 3.05) is 11.9 Å². The molecule has 2 rings (SSSR count). The molecule has 0 unspecified atom stereocenters. The number of hydrogen-bond acceptors (Lipinski definition) is 4. The molecule has 76 valence electrons. The van der Waals surface area contributed by atoms with E-state index in [0.717, 1.165) is 18.7 Å². The Kier molecular flexibility index (Phi) is 2.63. The van der Waals surface area contributed by atoms with E-state index < -0.39 is 0 Å². The van der Waals surface area contributed by atoms with Gasteiger partial charge in [-0.3, -0.25) is 0 Å². The van der Waals surface area contributed by atoms with Crippen LogP contribution in [0, 0.1) is 0 Å². The maximum absolute atomic E-state index is 9.37. The third kappa shape index (κ3) is 1.85. The number of nitrogens with zero attached hydrogens (tertiary/aromatic N) is 2. The topological polar surface area (TPSA) is 58.0 Å². The minimum atomic E-state index is -0.157. The fourth-order valence-corrected chi connectivity index (χ4v) is 2.01. The van der Waals surface area contributed by atoms with Crippen molar-refractivity contribution >= 4 is 5.82 Å². The van der Waals surface area contributed by atoms with Crippen molar-refractivity contribution in [3.05, 3.63) is 18.3 Å². The lowest BCUT2D eigenvalue weighted by Gasteiger charge is -2.28. The van der Waals surface area contributed by atoms with Crippen LogP contribution in [-0.2, 0) is 0 Å². The predicted octanol–water partition coefficient (Wildman–Crippen LogP) is 1.19. The summed E-state index contributed by atoms with van der Waals surface area (Å²) in [6.07, 6.45) is 6.02. The minimum Gasteiger partial charge on any atom is -0.394 e. The van der Waals surface area contributed by atoms with E-state index in [1.807, 2.05) is 12.1 Å². The molecule has 0 aromatic carbocycles. The number of hydrogen-bond donors (Lipinski definition) is 2. The van der Waals surface area contributed by atoms with Crippen molar-refractivity contribution < 1.29 is 5.11 Å². The van der Waals surface area contributed by atoms with E-state index in [1.165, 1.54) is 12.8 Å². The Morgan fingerprint density at radius 2 is 2.21 bits per heavy atom. The highest BCUT2D eigenvalue weighted by atomic mass is 16.3. The zero-order valence-electron chi connectivity index (χ0n) is 8.11. The van der Waals surface area contributed by atoms with E-state index in [9.17, 15) is 5.11 Å². The first kappa shape index (κ1) is 9.40. The lowest BCUT2D eigenvalue weighted by molar-refractivity contribution is 0.213. The highest BCUT2D eigenvalue weighted by Crippen LogP contribution is 2.31. The molecular formula is C10H15N3O. The second kappa shape index (κ2) is 3.92. The highest BCUT2D eigenvalue weighted by molar-refractivity contribution is 5.36. The molecule has 4 nitrogen and oxygen atoms in total. The lowest BCUT2D eigenvalue weighted by atomic mass is 9.99. The van der Waals surface area contributed by atoms with Crippen molar-refractivity contribution in [2.24, 2.45) is 0 Å². The summed E-state index contributed by atoms with van der Waals surface area (Å²) in [6, 6.07) is 3.72. The summed E-state index contributed by atoms with van der Waals surface area (Å²) in [5, 5.41) is 20.4. The van der Waals surface area contributed by atoms with E-state index in [2.05, 4.69) is 15.5 Å². The third-order valence-corrected chi connectivity index (χ3v) is 2.83. The zero-order valence-corrected chi connectivity index (χ0v) is 8.11. The van der Waals surface area contributed by atoms with Crippen molar-refractivity contribution in [3.63, 3.8) is 0 Å². The van der Waals surface area contributed by atoms with Crippen LogP contribution in [0.25, 0.3) is 0 Å². The summed E-state index contributed by atoms with van der Waals surface area (Å²) in [7, 11) is 0. The molecule has 0 aliphatic heterocycles. The van der Waals surface area contributed by atoms with Crippen LogP contribution in [0.5, 0.6) is 0 Å². The van der Waals surface area contributed by atoms with Gasteiger partial charge in [-0.1, -0.05) is 12.8 Å². The maximum Gasteiger partial charge on any atom is 0.149 e. The average molecular weight is 193 g/mol. The molecule has 1 aliphatic carbocycles. The van der Waals surface area contributed by atoms with Crippen LogP contribution < -0.4 is 5.32 Å². The zero-order chi connectivity index (χ0) is 9.86. The van der Waals surface area contributed by atoms with Gasteiger partial charge in [0.1, 0.15) is 5.82 Å². The Hall–Kier alpha value is -1.16. The van der Waals surface area contributed by atoms with Gasteiger partial charge >= 0.3 is 0 Å². The Balaban J connectivity index is 2.08. The lowest BCUT2D eigenvalue weighted by Crippen LogP contribution is -2.39. The predicted molar refractivity (Wildman–Crippen MR) is 53.9 cm³/mol. The van der Waals surface area contributed by atoms with Crippen LogP contribution in [0.4, 0.5) is 5.82 Å². The number of aromatic nitrogens is 2. The molecule has 1 aromatic heterocycles. The number of aliphatic hydroxyl groups excluding tert-OH is 1. The normalized spacial score (nSPS) is 19.5. The first-order valence-electron chi connectivity index (χ1n) is 5.01. The molecule has 2 N–H and O–H groups in total. The van der Waals surface area contributed by atoms with Crippen LogP contribution >= 0.6 is 0 Å². The smallest absolute Gasteiger partial charge is 0.149 e. The first-order chi connectivity index (χ1) is 6.85. The second-order valence-corrected chi connectivity index (χ2v) is 3.88. The van der Waals surface area contributed by atoms with Crippen LogP contribution in [0.1, 0.15) is 25.7 Å². The van der Waals surface area contributed by atoms with Gasteiger partial charge in [0.2, 0.25) is 0 Å². The largest absolute Gasteiger partial charge is 0.394 e. The fraction of sp³-hybridized carbons (Fsp3) is 0.600. The molecule has 0 bridgehead atoms. The van der Waals surface area contributed by atoms with Crippen LogP contribution in [0.2, 0.25) is 0 Å². The molecule has 0 spiro atoms. The monoisotopic (exact) mass is 193 g/mol. The van der Waals surface area contributed by atoms with Crippen molar-refractivity contribution in [1.29, 1.82) is 0 Å². The number of nitrogens with one attached hydrogen (secondary N) is 1. The molecule has 0 radical (unpaired) electrons. The van der Waals surface area contributed by atoms with Crippen LogP contribution in [-0.4, -0.2) is 27.4 Å². The van der Waals surface area contributed by atoms with Crippen molar-refractivity contribution in [3.8, 4) is 0 Å². The van der Waals surface area contributed by atoms with Gasteiger partial charge in [-0.05, 0) is 25.0 Å². The third-order valence-electron chi connectivity index (χ3n) is 2.83. The van der Waals surface area contributed by atoms with E-state index in [-0.39, 0.29) is 12.1 Å². The summed E-state index contributed by atoms with van der Waals surface area (Å²) < 4.78 is 0. The molecule has 0 amide bonds. The van der Waals surface area contributed by atoms with Gasteiger partial charge in [-0.15, -0.1) is 5.10 Å². The van der Waals surface area contributed by atoms with Crippen LogP contribution in [0.3, 0.4) is 0 Å². The van der Waals surface area contributed by atoms with E-state index >= 15 is 0 Å². The van der Waals surface area contributed by atoms with Gasteiger partial charge in [0.15, 0.2) is 0 Å². The standard InChI is InChI=1S/C10H15N3O/c14-8-10(5-1-2-6-10)12-9-4-3-7-11-13-9/h3-4,7,14H,1-2,5-6,8H2,(H,12,13). The van der Waals surface area contributed by atoms with Gasteiger partial charge < -0.3 is 10.4 Å². The molecule has 4 heteroatoms. The molecule has 0 atom stereocenters.